The Kier molecular flexibility index (Phi) is 5.35. The monoisotopic (exact) mass is 362 g/mol. The van der Waals surface area contributed by atoms with Crippen LogP contribution in [0, 0.1) is 13.8 Å². The summed E-state index contributed by atoms with van der Waals surface area (Å²) < 4.78 is 1.81. The SMILES string of the molecule is CCC(=O)Nc1cccc(C(=O)Nc2ccccc2-n2nc(C)cc2C)c1. The number of hydrogen-bond acceptors (Lipinski definition) is 3. The number of amides is 2. The van der Waals surface area contributed by atoms with E-state index < -0.39 is 0 Å². The Morgan fingerprint density at radius 1 is 1.00 bits per heavy atom. The summed E-state index contributed by atoms with van der Waals surface area (Å²) in [5.41, 5.74) is 4.42. The van der Waals surface area contributed by atoms with Gasteiger partial charge in [0.2, 0.25) is 5.91 Å². The molecule has 2 N–H and O–H groups in total. The van der Waals surface area contributed by atoms with Crippen LogP contribution in [0.3, 0.4) is 0 Å². The van der Waals surface area contributed by atoms with E-state index in [2.05, 4.69) is 15.7 Å². The van der Waals surface area contributed by atoms with Gasteiger partial charge in [0.05, 0.1) is 17.1 Å². The molecule has 3 rings (SSSR count). The Morgan fingerprint density at radius 3 is 2.48 bits per heavy atom. The van der Waals surface area contributed by atoms with Crippen molar-refractivity contribution in [3.05, 3.63) is 71.5 Å². The van der Waals surface area contributed by atoms with E-state index in [4.69, 9.17) is 0 Å². The van der Waals surface area contributed by atoms with Crippen molar-refractivity contribution in [2.45, 2.75) is 27.2 Å². The van der Waals surface area contributed by atoms with Gasteiger partial charge in [-0.05, 0) is 50.2 Å². The average Bonchev–Trinajstić information content (AvgIpc) is 3.00. The van der Waals surface area contributed by atoms with Crippen molar-refractivity contribution in [1.82, 2.24) is 9.78 Å². The summed E-state index contributed by atoms with van der Waals surface area (Å²) in [6, 6.07) is 16.4. The van der Waals surface area contributed by atoms with Crippen molar-refractivity contribution in [3.8, 4) is 5.69 Å². The van der Waals surface area contributed by atoms with Gasteiger partial charge in [0, 0.05) is 23.4 Å². The van der Waals surface area contributed by atoms with Gasteiger partial charge in [-0.15, -0.1) is 0 Å². The number of aromatic nitrogens is 2. The number of benzene rings is 2. The zero-order valence-corrected chi connectivity index (χ0v) is 15.6. The number of anilines is 2. The molecule has 27 heavy (non-hydrogen) atoms. The van der Waals surface area contributed by atoms with Crippen LogP contribution in [0.5, 0.6) is 0 Å². The molecule has 0 aliphatic rings. The molecule has 1 aromatic heterocycles. The molecular weight excluding hydrogens is 340 g/mol. The fraction of sp³-hybridized carbons (Fsp3) is 0.190. The molecular formula is C21H22N4O2. The molecule has 0 aliphatic heterocycles. The van der Waals surface area contributed by atoms with Crippen molar-refractivity contribution < 1.29 is 9.59 Å². The van der Waals surface area contributed by atoms with Gasteiger partial charge in [-0.25, -0.2) is 4.68 Å². The minimum absolute atomic E-state index is 0.0950. The van der Waals surface area contributed by atoms with Crippen LogP contribution in [0.4, 0.5) is 11.4 Å². The second-order valence-electron chi connectivity index (χ2n) is 6.29. The van der Waals surface area contributed by atoms with Gasteiger partial charge in [-0.1, -0.05) is 25.1 Å². The normalized spacial score (nSPS) is 10.5. The van der Waals surface area contributed by atoms with E-state index in [1.807, 2.05) is 48.9 Å². The molecule has 1 heterocycles. The van der Waals surface area contributed by atoms with Crippen molar-refractivity contribution in [2.75, 3.05) is 10.6 Å². The van der Waals surface area contributed by atoms with E-state index in [0.717, 1.165) is 17.1 Å². The summed E-state index contributed by atoms with van der Waals surface area (Å²) in [6.07, 6.45) is 0.381. The first-order chi connectivity index (χ1) is 13.0. The molecule has 0 bridgehead atoms. The highest BCUT2D eigenvalue weighted by Crippen LogP contribution is 2.22. The summed E-state index contributed by atoms with van der Waals surface area (Å²) in [4.78, 5) is 24.3. The molecule has 0 aliphatic carbocycles. The Bertz CT molecular complexity index is 991. The van der Waals surface area contributed by atoms with E-state index in [0.29, 0.717) is 23.4 Å². The maximum Gasteiger partial charge on any atom is 0.255 e. The lowest BCUT2D eigenvalue weighted by molar-refractivity contribution is -0.115. The second kappa shape index (κ2) is 7.86. The summed E-state index contributed by atoms with van der Waals surface area (Å²) in [5, 5.41) is 10.2. The minimum atomic E-state index is -0.253. The van der Waals surface area contributed by atoms with Gasteiger partial charge in [0.15, 0.2) is 0 Å². The molecule has 3 aromatic rings. The van der Waals surface area contributed by atoms with Gasteiger partial charge in [-0.3, -0.25) is 9.59 Å². The number of nitrogens with zero attached hydrogens (tertiary/aromatic N) is 2. The number of para-hydroxylation sites is 2. The van der Waals surface area contributed by atoms with Gasteiger partial charge in [0.1, 0.15) is 0 Å². The van der Waals surface area contributed by atoms with Gasteiger partial charge in [-0.2, -0.15) is 5.10 Å². The third kappa shape index (κ3) is 4.23. The first kappa shape index (κ1) is 18.4. The first-order valence-electron chi connectivity index (χ1n) is 8.82. The Morgan fingerprint density at radius 2 is 1.78 bits per heavy atom. The lowest BCUT2D eigenvalue weighted by Gasteiger charge is -2.13. The van der Waals surface area contributed by atoms with Crippen LogP contribution in [-0.2, 0) is 4.79 Å². The molecule has 0 saturated heterocycles. The van der Waals surface area contributed by atoms with Gasteiger partial charge in [0.25, 0.3) is 5.91 Å². The van der Waals surface area contributed by atoms with E-state index in [1.165, 1.54) is 0 Å². The molecule has 0 radical (unpaired) electrons. The molecule has 0 unspecified atom stereocenters. The summed E-state index contributed by atoms with van der Waals surface area (Å²) in [6.45, 7) is 5.68. The molecule has 6 heteroatoms. The van der Waals surface area contributed by atoms with Crippen LogP contribution in [0.25, 0.3) is 5.69 Å². The predicted octanol–water partition coefficient (Wildman–Crippen LogP) is 4.09. The predicted molar refractivity (Wildman–Crippen MR) is 106 cm³/mol. The molecule has 0 spiro atoms. The summed E-state index contributed by atoms with van der Waals surface area (Å²) >= 11 is 0. The van der Waals surface area contributed by atoms with Crippen LogP contribution in [0.2, 0.25) is 0 Å². The van der Waals surface area contributed by atoms with Crippen molar-refractivity contribution in [1.29, 1.82) is 0 Å². The molecule has 0 fully saturated rings. The Balaban J connectivity index is 1.86. The van der Waals surface area contributed by atoms with E-state index in [-0.39, 0.29) is 11.8 Å². The fourth-order valence-corrected chi connectivity index (χ4v) is 2.82. The number of aryl methyl sites for hydroxylation is 2. The third-order valence-electron chi connectivity index (χ3n) is 4.12. The van der Waals surface area contributed by atoms with Crippen LogP contribution in [0.15, 0.2) is 54.6 Å². The van der Waals surface area contributed by atoms with Crippen molar-refractivity contribution in [2.24, 2.45) is 0 Å². The quantitative estimate of drug-likeness (QED) is 0.718. The summed E-state index contributed by atoms with van der Waals surface area (Å²) in [7, 11) is 0. The number of rotatable bonds is 5. The van der Waals surface area contributed by atoms with Crippen LogP contribution in [-0.4, -0.2) is 21.6 Å². The minimum Gasteiger partial charge on any atom is -0.326 e. The smallest absolute Gasteiger partial charge is 0.255 e. The topological polar surface area (TPSA) is 76.0 Å². The summed E-state index contributed by atoms with van der Waals surface area (Å²) in [5.74, 6) is -0.348. The van der Waals surface area contributed by atoms with Crippen LogP contribution < -0.4 is 10.6 Å². The number of carbonyl (C=O) groups is 2. The van der Waals surface area contributed by atoms with Gasteiger partial charge < -0.3 is 10.6 Å². The first-order valence-corrected chi connectivity index (χ1v) is 8.82. The molecule has 0 saturated carbocycles. The highest BCUT2D eigenvalue weighted by Gasteiger charge is 2.13. The zero-order valence-electron chi connectivity index (χ0n) is 15.6. The molecule has 0 atom stereocenters. The van der Waals surface area contributed by atoms with Crippen LogP contribution in [0.1, 0.15) is 35.1 Å². The Hall–Kier alpha value is -3.41. The highest BCUT2D eigenvalue weighted by atomic mass is 16.2. The third-order valence-corrected chi connectivity index (χ3v) is 4.12. The zero-order chi connectivity index (χ0) is 19.4. The average molecular weight is 362 g/mol. The molecule has 2 aromatic carbocycles. The van der Waals surface area contributed by atoms with Crippen molar-refractivity contribution in [3.63, 3.8) is 0 Å². The fourth-order valence-electron chi connectivity index (χ4n) is 2.82. The second-order valence-corrected chi connectivity index (χ2v) is 6.29. The number of carbonyl (C=O) groups excluding carboxylic acids is 2. The standard InChI is InChI=1S/C21H22N4O2/c1-4-20(26)22-17-9-7-8-16(13-17)21(27)23-18-10-5-6-11-19(18)25-15(3)12-14(2)24-25/h5-13H,4H2,1-3H3,(H,22,26)(H,23,27). The van der Waals surface area contributed by atoms with E-state index in [1.54, 1.807) is 31.2 Å². The Labute approximate surface area is 158 Å². The highest BCUT2D eigenvalue weighted by molar-refractivity contribution is 6.06. The number of nitrogens with one attached hydrogen (secondary N) is 2. The lowest BCUT2D eigenvalue weighted by Crippen LogP contribution is -2.15. The van der Waals surface area contributed by atoms with E-state index in [9.17, 15) is 9.59 Å². The lowest BCUT2D eigenvalue weighted by atomic mass is 10.1. The maximum atomic E-state index is 12.7. The molecule has 6 nitrogen and oxygen atoms in total. The largest absolute Gasteiger partial charge is 0.326 e. The number of hydrogen-bond donors (Lipinski definition) is 2. The van der Waals surface area contributed by atoms with Crippen LogP contribution >= 0.6 is 0 Å². The molecule has 2 amide bonds. The van der Waals surface area contributed by atoms with E-state index >= 15 is 0 Å². The van der Waals surface area contributed by atoms with Crippen molar-refractivity contribution >= 4 is 23.2 Å². The molecule has 138 valence electrons. The maximum absolute atomic E-state index is 12.7. The van der Waals surface area contributed by atoms with Gasteiger partial charge >= 0.3 is 0 Å².